The molecule has 1 aromatic heterocycles. The molecule has 0 unspecified atom stereocenters. The Morgan fingerprint density at radius 2 is 2.43 bits per heavy atom. The second-order valence-electron chi connectivity index (χ2n) is 2.57. The summed E-state index contributed by atoms with van der Waals surface area (Å²) in [7, 11) is 0. The smallest absolute Gasteiger partial charge is 0.294 e. The summed E-state index contributed by atoms with van der Waals surface area (Å²) in [6.45, 7) is -0.102. The van der Waals surface area contributed by atoms with Crippen LogP contribution in [0.2, 0.25) is 0 Å². The van der Waals surface area contributed by atoms with Crippen molar-refractivity contribution < 1.29 is 10.0 Å². The normalized spacial score (nSPS) is 12.5. The molecule has 1 aromatic rings. The number of aliphatic hydroxyl groups is 1. The van der Waals surface area contributed by atoms with E-state index in [4.69, 9.17) is 5.73 Å². The molecule has 1 heterocycles. The minimum absolute atomic E-state index is 0.0132. The maximum Gasteiger partial charge on any atom is 0.294 e. The van der Waals surface area contributed by atoms with Gasteiger partial charge in [-0.05, 0) is 15.9 Å². The van der Waals surface area contributed by atoms with Crippen molar-refractivity contribution >= 4 is 21.6 Å². The highest BCUT2D eigenvalue weighted by atomic mass is 79.9. The summed E-state index contributed by atoms with van der Waals surface area (Å²) >= 11 is 3.06. The van der Waals surface area contributed by atoms with Crippen molar-refractivity contribution in [2.45, 2.75) is 6.10 Å². The van der Waals surface area contributed by atoms with Gasteiger partial charge in [0, 0.05) is 23.3 Å². The maximum atomic E-state index is 10.6. The van der Waals surface area contributed by atoms with Gasteiger partial charge in [-0.2, -0.15) is 0 Å². The van der Waals surface area contributed by atoms with Gasteiger partial charge in [0.2, 0.25) is 0 Å². The molecule has 0 aliphatic rings. The number of hydrogen-bond acceptors (Lipinski definition) is 5. The SMILES string of the molecule is NC[C@@H](O)c1ncc(Br)cc1[N+](=O)[O-]. The highest BCUT2D eigenvalue weighted by Gasteiger charge is 2.21. The van der Waals surface area contributed by atoms with Crippen molar-refractivity contribution in [3.05, 3.63) is 32.5 Å². The lowest BCUT2D eigenvalue weighted by Gasteiger charge is -2.07. The predicted octanol–water partition coefficient (Wildman–Crippen LogP) is 0.744. The highest BCUT2D eigenvalue weighted by molar-refractivity contribution is 9.10. The lowest BCUT2D eigenvalue weighted by molar-refractivity contribution is -0.386. The zero-order valence-corrected chi connectivity index (χ0v) is 8.64. The monoisotopic (exact) mass is 261 g/mol. The Balaban J connectivity index is 3.21. The average Bonchev–Trinajstić information content (AvgIpc) is 2.16. The molecule has 0 bridgehead atoms. The van der Waals surface area contributed by atoms with E-state index < -0.39 is 11.0 Å². The maximum absolute atomic E-state index is 10.6. The third-order valence-corrected chi connectivity index (χ3v) is 2.03. The van der Waals surface area contributed by atoms with Gasteiger partial charge in [0.15, 0.2) is 0 Å². The Hall–Kier alpha value is -1.05. The number of aromatic nitrogens is 1. The van der Waals surface area contributed by atoms with Crippen LogP contribution in [0.5, 0.6) is 0 Å². The zero-order chi connectivity index (χ0) is 10.7. The van der Waals surface area contributed by atoms with Crippen LogP contribution in [0.1, 0.15) is 11.8 Å². The fourth-order valence-corrected chi connectivity index (χ4v) is 1.27. The Labute approximate surface area is 88.0 Å². The van der Waals surface area contributed by atoms with Crippen LogP contribution in [0, 0.1) is 10.1 Å². The Bertz CT molecular complexity index is 358. The Kier molecular flexibility index (Phi) is 3.50. The van der Waals surface area contributed by atoms with E-state index in [0.717, 1.165) is 0 Å². The molecule has 3 N–H and O–H groups in total. The number of rotatable bonds is 3. The second-order valence-corrected chi connectivity index (χ2v) is 3.48. The molecule has 1 rings (SSSR count). The molecule has 6 nitrogen and oxygen atoms in total. The van der Waals surface area contributed by atoms with E-state index in [-0.39, 0.29) is 17.9 Å². The zero-order valence-electron chi connectivity index (χ0n) is 7.05. The molecule has 76 valence electrons. The topological polar surface area (TPSA) is 102 Å². The van der Waals surface area contributed by atoms with Crippen molar-refractivity contribution in [2.75, 3.05) is 6.54 Å². The molecule has 0 radical (unpaired) electrons. The first-order valence-corrected chi connectivity index (χ1v) is 4.53. The molecule has 0 aromatic carbocycles. The van der Waals surface area contributed by atoms with Crippen LogP contribution in [0.3, 0.4) is 0 Å². The first-order chi connectivity index (χ1) is 6.56. The number of nitro groups is 1. The summed E-state index contributed by atoms with van der Waals surface area (Å²) < 4.78 is 0.483. The molecule has 0 aliphatic carbocycles. The van der Waals surface area contributed by atoms with Gasteiger partial charge in [-0.25, -0.2) is 0 Å². The molecular weight excluding hydrogens is 254 g/mol. The van der Waals surface area contributed by atoms with Gasteiger partial charge in [-0.3, -0.25) is 15.1 Å². The van der Waals surface area contributed by atoms with E-state index in [2.05, 4.69) is 20.9 Å². The van der Waals surface area contributed by atoms with Crippen LogP contribution in [-0.4, -0.2) is 21.6 Å². The molecule has 1 atom stereocenters. The number of nitrogens with zero attached hydrogens (tertiary/aromatic N) is 2. The van der Waals surface area contributed by atoms with Crippen LogP contribution in [0.25, 0.3) is 0 Å². The number of nitrogens with two attached hydrogens (primary N) is 1. The highest BCUT2D eigenvalue weighted by Crippen LogP contribution is 2.25. The molecular formula is C7H8BrN3O3. The summed E-state index contributed by atoms with van der Waals surface area (Å²) in [5.74, 6) is 0. The third kappa shape index (κ3) is 2.25. The molecule has 0 saturated heterocycles. The number of halogens is 1. The molecule has 0 spiro atoms. The van der Waals surface area contributed by atoms with Crippen LogP contribution in [0.15, 0.2) is 16.7 Å². The van der Waals surface area contributed by atoms with Crippen molar-refractivity contribution in [3.8, 4) is 0 Å². The first-order valence-electron chi connectivity index (χ1n) is 3.74. The van der Waals surface area contributed by atoms with E-state index >= 15 is 0 Å². The first kappa shape index (κ1) is 11.0. The summed E-state index contributed by atoms with van der Waals surface area (Å²) in [5.41, 5.74) is 4.94. The molecule has 0 aliphatic heterocycles. The summed E-state index contributed by atoms with van der Waals surface area (Å²) in [6, 6.07) is 1.28. The van der Waals surface area contributed by atoms with Gasteiger partial charge >= 0.3 is 0 Å². The van der Waals surface area contributed by atoms with E-state index in [1.807, 2.05) is 0 Å². The lowest BCUT2D eigenvalue weighted by atomic mass is 10.2. The van der Waals surface area contributed by atoms with Crippen molar-refractivity contribution in [1.29, 1.82) is 0 Å². The molecule has 0 amide bonds. The lowest BCUT2D eigenvalue weighted by Crippen LogP contribution is -2.14. The van der Waals surface area contributed by atoms with Gasteiger partial charge in [0.1, 0.15) is 11.8 Å². The quantitative estimate of drug-likeness (QED) is 0.617. The van der Waals surface area contributed by atoms with E-state index in [1.165, 1.54) is 12.3 Å². The van der Waals surface area contributed by atoms with E-state index in [1.54, 1.807) is 0 Å². The largest absolute Gasteiger partial charge is 0.385 e. The molecule has 0 saturated carbocycles. The van der Waals surface area contributed by atoms with Crippen molar-refractivity contribution in [1.82, 2.24) is 4.98 Å². The molecule has 7 heteroatoms. The number of aliphatic hydroxyl groups excluding tert-OH is 1. The van der Waals surface area contributed by atoms with Gasteiger partial charge < -0.3 is 10.8 Å². The second kappa shape index (κ2) is 4.45. The van der Waals surface area contributed by atoms with Crippen molar-refractivity contribution in [3.63, 3.8) is 0 Å². The third-order valence-electron chi connectivity index (χ3n) is 1.60. The van der Waals surface area contributed by atoms with E-state index in [9.17, 15) is 15.2 Å². The summed E-state index contributed by atoms with van der Waals surface area (Å²) in [6.07, 6.45) is 0.268. The molecule has 0 fully saturated rings. The fourth-order valence-electron chi connectivity index (χ4n) is 0.954. The summed E-state index contributed by atoms with van der Waals surface area (Å²) in [4.78, 5) is 13.7. The van der Waals surface area contributed by atoms with Crippen LogP contribution in [0.4, 0.5) is 5.69 Å². The minimum atomic E-state index is -1.11. The summed E-state index contributed by atoms with van der Waals surface area (Å²) in [5, 5.41) is 19.9. The fraction of sp³-hybridized carbons (Fsp3) is 0.286. The van der Waals surface area contributed by atoms with Gasteiger partial charge in [0.05, 0.1) is 4.92 Å². The van der Waals surface area contributed by atoms with Crippen LogP contribution < -0.4 is 5.73 Å². The Morgan fingerprint density at radius 3 is 2.93 bits per heavy atom. The average molecular weight is 262 g/mol. The van der Waals surface area contributed by atoms with Gasteiger partial charge in [0.25, 0.3) is 5.69 Å². The Morgan fingerprint density at radius 1 is 1.79 bits per heavy atom. The number of pyridine rings is 1. The van der Waals surface area contributed by atoms with Crippen LogP contribution in [-0.2, 0) is 0 Å². The van der Waals surface area contributed by atoms with E-state index in [0.29, 0.717) is 4.47 Å². The van der Waals surface area contributed by atoms with Gasteiger partial charge in [-0.15, -0.1) is 0 Å². The molecule has 14 heavy (non-hydrogen) atoms. The van der Waals surface area contributed by atoms with Crippen LogP contribution >= 0.6 is 15.9 Å². The van der Waals surface area contributed by atoms with Gasteiger partial charge in [-0.1, -0.05) is 0 Å². The number of hydrogen-bond donors (Lipinski definition) is 2. The van der Waals surface area contributed by atoms with Crippen molar-refractivity contribution in [2.24, 2.45) is 5.73 Å². The minimum Gasteiger partial charge on any atom is -0.385 e. The predicted molar refractivity (Wildman–Crippen MR) is 52.6 cm³/mol. The standard InChI is InChI=1S/C7H8BrN3O3/c8-4-1-5(11(13)14)7(10-3-4)6(12)2-9/h1,3,6,12H,2,9H2/t6-/m1/s1.